The molecule has 0 saturated carbocycles. The van der Waals surface area contributed by atoms with Gasteiger partial charge in [-0.2, -0.15) is 13.2 Å². The molecule has 0 aliphatic carbocycles. The van der Waals surface area contributed by atoms with Crippen LogP contribution in [0, 0.1) is 6.92 Å². The van der Waals surface area contributed by atoms with Crippen LogP contribution in [-0.4, -0.2) is 33.9 Å². The van der Waals surface area contributed by atoms with E-state index in [1.54, 1.807) is 0 Å². The molecule has 0 saturated heterocycles. The Bertz CT molecular complexity index is 1280. The number of carbonyl (C=O) groups excluding carboxylic acids is 1. The van der Waals surface area contributed by atoms with E-state index in [4.69, 9.17) is 16.3 Å². The number of ether oxygens (including phenoxy) is 2. The fraction of sp³-hybridized carbons (Fsp3) is 0.292. The van der Waals surface area contributed by atoms with Gasteiger partial charge in [0.1, 0.15) is 5.75 Å². The van der Waals surface area contributed by atoms with E-state index in [-0.39, 0.29) is 33.3 Å². The molecule has 0 radical (unpaired) electrons. The summed E-state index contributed by atoms with van der Waals surface area (Å²) in [5.74, 6) is -1.82. The van der Waals surface area contributed by atoms with Crippen LogP contribution in [0.2, 0.25) is 5.02 Å². The van der Waals surface area contributed by atoms with Crippen molar-refractivity contribution >= 4 is 17.6 Å². The highest BCUT2D eigenvalue weighted by Gasteiger charge is 2.59. The summed E-state index contributed by atoms with van der Waals surface area (Å²) >= 11 is 6.31. The Kier molecular flexibility index (Phi) is 7.28. The number of halogens is 4. The van der Waals surface area contributed by atoms with Crippen LogP contribution in [0.5, 0.6) is 11.6 Å². The van der Waals surface area contributed by atoms with Crippen molar-refractivity contribution in [1.29, 1.82) is 0 Å². The Morgan fingerprint density at radius 1 is 1.20 bits per heavy atom. The summed E-state index contributed by atoms with van der Waals surface area (Å²) in [6.07, 6.45) is -2.87. The lowest BCUT2D eigenvalue weighted by molar-refractivity contribution is -0.274. The highest BCUT2D eigenvalue weighted by molar-refractivity contribution is 6.31. The largest absolute Gasteiger partial charge is 0.465 e. The predicted octanol–water partition coefficient (Wildman–Crippen LogP) is 4.87. The molecule has 3 aromatic rings. The Balaban J connectivity index is 1.96. The lowest BCUT2D eigenvalue weighted by Gasteiger charge is -2.37. The molecule has 0 fully saturated rings. The van der Waals surface area contributed by atoms with Crippen LogP contribution in [0.1, 0.15) is 39.9 Å². The van der Waals surface area contributed by atoms with Gasteiger partial charge in [-0.25, -0.2) is 9.78 Å². The molecular formula is C24H22ClF3N2O5. The second-order valence-electron chi connectivity index (χ2n) is 7.98. The maximum atomic E-state index is 14.3. The summed E-state index contributed by atoms with van der Waals surface area (Å²) in [7, 11) is 2.54. The van der Waals surface area contributed by atoms with Gasteiger partial charge >= 0.3 is 12.1 Å². The first-order chi connectivity index (χ1) is 16.3. The lowest BCUT2D eigenvalue weighted by atomic mass is 9.78. The second-order valence-corrected chi connectivity index (χ2v) is 8.38. The number of carbonyl (C=O) groups is 1. The van der Waals surface area contributed by atoms with Crippen LogP contribution in [0.3, 0.4) is 0 Å². The molecule has 2 atom stereocenters. The van der Waals surface area contributed by atoms with Crippen molar-refractivity contribution in [3.63, 3.8) is 0 Å². The van der Waals surface area contributed by atoms with Crippen LogP contribution in [0.4, 0.5) is 13.2 Å². The summed E-state index contributed by atoms with van der Waals surface area (Å²) in [4.78, 5) is 27.5. The Labute approximate surface area is 203 Å². The number of alkyl halides is 3. The maximum Gasteiger partial charge on any atom is 0.422 e. The number of nitrogens with zero attached hydrogens (tertiary/aromatic N) is 2. The van der Waals surface area contributed by atoms with Crippen molar-refractivity contribution in [3.05, 3.63) is 86.4 Å². The molecule has 3 rings (SSSR count). The molecule has 0 spiro atoms. The van der Waals surface area contributed by atoms with Gasteiger partial charge in [-0.05, 0) is 36.8 Å². The first-order valence-corrected chi connectivity index (χ1v) is 10.7. The number of aromatic nitrogens is 2. The van der Waals surface area contributed by atoms with E-state index in [0.29, 0.717) is 0 Å². The molecular weight excluding hydrogens is 489 g/mol. The van der Waals surface area contributed by atoms with Gasteiger partial charge < -0.3 is 19.1 Å². The van der Waals surface area contributed by atoms with Crippen LogP contribution in [-0.2, 0) is 17.4 Å². The molecule has 186 valence electrons. The predicted molar refractivity (Wildman–Crippen MR) is 122 cm³/mol. The molecule has 0 aliphatic heterocycles. The molecule has 35 heavy (non-hydrogen) atoms. The molecule has 2 aromatic heterocycles. The number of aliphatic hydroxyl groups is 1. The third-order valence-corrected chi connectivity index (χ3v) is 6.01. The Morgan fingerprint density at radius 3 is 2.40 bits per heavy atom. The number of aryl methyl sites for hydroxylation is 2. The molecule has 0 unspecified atom stereocenters. The Hall–Kier alpha value is -3.37. The minimum absolute atomic E-state index is 0.0133. The van der Waals surface area contributed by atoms with Gasteiger partial charge in [0, 0.05) is 47.6 Å². The summed E-state index contributed by atoms with van der Waals surface area (Å²) in [6.45, 7) is 2.57. The normalized spacial score (nSPS) is 14.2. The quantitative estimate of drug-likeness (QED) is 0.476. The minimum Gasteiger partial charge on any atom is -0.465 e. The summed E-state index contributed by atoms with van der Waals surface area (Å²) in [6, 6.07) is 7.88. The van der Waals surface area contributed by atoms with Crippen molar-refractivity contribution in [2.75, 3.05) is 7.11 Å². The molecule has 2 heterocycles. The number of pyridine rings is 2. The van der Waals surface area contributed by atoms with Gasteiger partial charge in [0.05, 0.1) is 12.7 Å². The van der Waals surface area contributed by atoms with Crippen molar-refractivity contribution in [1.82, 2.24) is 9.55 Å². The van der Waals surface area contributed by atoms with E-state index >= 15 is 0 Å². The van der Waals surface area contributed by atoms with E-state index in [9.17, 15) is 27.9 Å². The summed E-state index contributed by atoms with van der Waals surface area (Å²) < 4.78 is 53.9. The number of esters is 1. The van der Waals surface area contributed by atoms with Crippen LogP contribution >= 0.6 is 11.6 Å². The smallest absolute Gasteiger partial charge is 0.422 e. The molecule has 11 heteroatoms. The third-order valence-electron chi connectivity index (χ3n) is 5.68. The minimum atomic E-state index is -5.08. The number of rotatable bonds is 6. The third kappa shape index (κ3) is 5.03. The van der Waals surface area contributed by atoms with Gasteiger partial charge in [0.2, 0.25) is 5.88 Å². The van der Waals surface area contributed by atoms with Crippen LogP contribution in [0.15, 0.2) is 53.6 Å². The lowest BCUT2D eigenvalue weighted by Crippen LogP contribution is -2.47. The number of benzene rings is 1. The van der Waals surface area contributed by atoms with Crippen molar-refractivity contribution in [2.45, 2.75) is 31.5 Å². The Morgan fingerprint density at radius 2 is 1.89 bits per heavy atom. The van der Waals surface area contributed by atoms with E-state index in [2.05, 4.69) is 9.72 Å². The zero-order chi connectivity index (χ0) is 26.1. The molecule has 0 amide bonds. The van der Waals surface area contributed by atoms with Gasteiger partial charge in [0.25, 0.3) is 5.56 Å². The summed E-state index contributed by atoms with van der Waals surface area (Å²) in [5.41, 5.74) is -4.01. The van der Waals surface area contributed by atoms with Crippen LogP contribution < -0.4 is 10.3 Å². The first kappa shape index (κ1) is 26.2. The molecule has 0 aliphatic rings. The highest BCUT2D eigenvalue weighted by atomic mass is 35.5. The average Bonchev–Trinajstić information content (AvgIpc) is 2.80. The zero-order valence-corrected chi connectivity index (χ0v) is 19.9. The average molecular weight is 511 g/mol. The SMILES string of the molecule is COC(=O)c1ccc(Oc2ccc([C@H](C)[C@](O)(c3cc(C)c(=O)n(C)c3)C(F)(F)F)c(Cl)c2)nc1. The van der Waals surface area contributed by atoms with Crippen molar-refractivity contribution in [3.8, 4) is 11.6 Å². The molecule has 1 aromatic carbocycles. The molecule has 7 nitrogen and oxygen atoms in total. The zero-order valence-electron chi connectivity index (χ0n) is 19.2. The molecule has 0 bridgehead atoms. The van der Waals surface area contributed by atoms with Gasteiger partial charge in [-0.1, -0.05) is 24.6 Å². The van der Waals surface area contributed by atoms with Crippen molar-refractivity contribution in [2.24, 2.45) is 7.05 Å². The van der Waals surface area contributed by atoms with Crippen LogP contribution in [0.25, 0.3) is 0 Å². The fourth-order valence-corrected chi connectivity index (χ4v) is 4.03. The van der Waals surface area contributed by atoms with E-state index in [1.807, 2.05) is 0 Å². The standard InChI is InChI=1S/C24H22ClF3N2O5/c1-13-9-16(12-30(3)21(13)31)23(33,24(26,27)28)14(2)18-7-6-17(10-19(18)25)35-20-8-5-15(11-29-20)22(32)34-4/h5-12,14,33H,1-4H3/t14-,23-/m0/s1. The topological polar surface area (TPSA) is 90.7 Å². The van der Waals surface area contributed by atoms with Crippen molar-refractivity contribution < 1.29 is 32.5 Å². The number of hydrogen-bond donors (Lipinski definition) is 1. The van der Waals surface area contributed by atoms with Gasteiger partial charge in [-0.15, -0.1) is 0 Å². The number of hydrogen-bond acceptors (Lipinski definition) is 6. The van der Waals surface area contributed by atoms with E-state index in [1.165, 1.54) is 64.5 Å². The van der Waals surface area contributed by atoms with Gasteiger partial charge in [0.15, 0.2) is 5.60 Å². The fourth-order valence-electron chi connectivity index (χ4n) is 3.69. The monoisotopic (exact) mass is 510 g/mol. The second kappa shape index (κ2) is 9.71. The van der Waals surface area contributed by atoms with Gasteiger partial charge in [-0.3, -0.25) is 4.79 Å². The summed E-state index contributed by atoms with van der Waals surface area (Å²) in [5, 5.41) is 10.9. The first-order valence-electron chi connectivity index (χ1n) is 10.3. The highest BCUT2D eigenvalue weighted by Crippen LogP contribution is 2.50. The molecule has 1 N–H and O–H groups in total. The number of methoxy groups -OCH3 is 1. The van der Waals surface area contributed by atoms with E-state index in [0.717, 1.165) is 16.8 Å². The maximum absolute atomic E-state index is 14.3. The van der Waals surface area contributed by atoms with E-state index < -0.39 is 34.8 Å².